The summed E-state index contributed by atoms with van der Waals surface area (Å²) in [6.45, 7) is 4.35. The Hall–Kier alpha value is -1.64. The van der Waals surface area contributed by atoms with Gasteiger partial charge in [0.25, 0.3) is 0 Å². The maximum Gasteiger partial charge on any atom is 0.241 e. The molecule has 0 unspecified atom stereocenters. The largest absolute Gasteiger partial charge is 0.398 e. The fourth-order valence-electron chi connectivity index (χ4n) is 1.75. The summed E-state index contributed by atoms with van der Waals surface area (Å²) < 4.78 is 28.7. The first kappa shape index (κ1) is 15.7. The first-order valence-electron chi connectivity index (χ1n) is 6.27. The number of hydrogen-bond acceptors (Lipinski definition) is 5. The van der Waals surface area contributed by atoms with Crippen molar-refractivity contribution in [2.45, 2.75) is 31.8 Å². The van der Waals surface area contributed by atoms with Crippen LogP contribution in [0.1, 0.15) is 18.3 Å². The van der Waals surface area contributed by atoms with E-state index in [9.17, 15) is 8.42 Å². The van der Waals surface area contributed by atoms with Crippen molar-refractivity contribution in [2.24, 2.45) is 0 Å². The van der Waals surface area contributed by atoms with Crippen LogP contribution in [-0.2, 0) is 23.1 Å². The molecule has 0 fully saturated rings. The second-order valence-corrected chi connectivity index (χ2v) is 6.65. The van der Waals surface area contributed by atoms with Gasteiger partial charge >= 0.3 is 0 Å². The van der Waals surface area contributed by atoms with Crippen LogP contribution in [0, 0.1) is 6.92 Å². The van der Waals surface area contributed by atoms with Crippen LogP contribution in [0.2, 0.25) is 5.02 Å². The molecule has 1 aromatic carbocycles. The Morgan fingerprint density at radius 1 is 1.43 bits per heavy atom. The van der Waals surface area contributed by atoms with Gasteiger partial charge in [-0.2, -0.15) is 0 Å². The first-order valence-corrected chi connectivity index (χ1v) is 8.13. The third-order valence-corrected chi connectivity index (χ3v) is 4.90. The average molecular weight is 330 g/mol. The number of nitrogen functional groups attached to an aromatic ring is 1. The minimum atomic E-state index is -3.72. The maximum atomic E-state index is 12.3. The Morgan fingerprint density at radius 2 is 2.14 bits per heavy atom. The zero-order valence-corrected chi connectivity index (χ0v) is 13.2. The standard InChI is InChI=1S/C12H16ClN5O2S/c1-3-18-7-15-17-12(18)6-16-21(19,20)9-4-10(13)8(2)11(14)5-9/h4-5,7,16H,3,6,14H2,1-2H3. The summed E-state index contributed by atoms with van der Waals surface area (Å²) in [7, 11) is -3.72. The maximum absolute atomic E-state index is 12.3. The normalized spacial score (nSPS) is 11.8. The lowest BCUT2D eigenvalue weighted by molar-refractivity contribution is 0.575. The molecule has 0 saturated heterocycles. The molecule has 0 aliphatic rings. The van der Waals surface area contributed by atoms with Crippen LogP contribution in [-0.4, -0.2) is 23.2 Å². The van der Waals surface area contributed by atoms with Gasteiger partial charge in [0.2, 0.25) is 10.0 Å². The van der Waals surface area contributed by atoms with E-state index in [1.54, 1.807) is 17.8 Å². The van der Waals surface area contributed by atoms with E-state index >= 15 is 0 Å². The molecule has 0 bridgehead atoms. The Balaban J connectivity index is 2.23. The van der Waals surface area contributed by atoms with E-state index in [1.807, 2.05) is 6.92 Å². The number of hydrogen-bond donors (Lipinski definition) is 2. The summed E-state index contributed by atoms with van der Waals surface area (Å²) in [6.07, 6.45) is 1.55. The molecule has 2 aromatic rings. The van der Waals surface area contributed by atoms with Crippen molar-refractivity contribution < 1.29 is 8.42 Å². The number of nitrogens with two attached hydrogens (primary N) is 1. The molecule has 0 spiro atoms. The molecule has 0 atom stereocenters. The highest BCUT2D eigenvalue weighted by Gasteiger charge is 2.17. The van der Waals surface area contributed by atoms with Crippen LogP contribution in [0.3, 0.4) is 0 Å². The van der Waals surface area contributed by atoms with Crippen LogP contribution in [0.5, 0.6) is 0 Å². The van der Waals surface area contributed by atoms with Crippen molar-refractivity contribution >= 4 is 27.3 Å². The smallest absolute Gasteiger partial charge is 0.241 e. The first-order chi connectivity index (χ1) is 9.85. The molecule has 1 aromatic heterocycles. The SMILES string of the molecule is CCn1cnnc1CNS(=O)(=O)c1cc(N)c(C)c(Cl)c1. The van der Waals surface area contributed by atoms with Crippen LogP contribution in [0.15, 0.2) is 23.4 Å². The quantitative estimate of drug-likeness (QED) is 0.805. The fraction of sp³-hybridized carbons (Fsp3) is 0.333. The minimum absolute atomic E-state index is 0.0261. The molecule has 3 N–H and O–H groups in total. The average Bonchev–Trinajstić information content (AvgIpc) is 2.89. The highest BCUT2D eigenvalue weighted by atomic mass is 35.5. The fourth-order valence-corrected chi connectivity index (χ4v) is 3.08. The Labute approximate surface area is 128 Å². The zero-order chi connectivity index (χ0) is 15.6. The molecule has 114 valence electrons. The third-order valence-electron chi connectivity index (χ3n) is 3.13. The molecule has 0 aliphatic heterocycles. The van der Waals surface area contributed by atoms with E-state index in [2.05, 4.69) is 14.9 Å². The van der Waals surface area contributed by atoms with Crippen molar-refractivity contribution in [1.82, 2.24) is 19.5 Å². The molecule has 7 nitrogen and oxygen atoms in total. The molecule has 2 rings (SSSR count). The van der Waals surface area contributed by atoms with Gasteiger partial charge in [0.1, 0.15) is 12.2 Å². The number of sulfonamides is 1. The van der Waals surface area contributed by atoms with Crippen molar-refractivity contribution in [3.8, 4) is 0 Å². The predicted molar refractivity (Wildman–Crippen MR) is 80.3 cm³/mol. The van der Waals surface area contributed by atoms with Gasteiger partial charge in [-0.25, -0.2) is 13.1 Å². The Bertz CT molecular complexity index is 734. The number of nitrogens with zero attached hydrogens (tertiary/aromatic N) is 3. The summed E-state index contributed by atoms with van der Waals surface area (Å²) in [5.41, 5.74) is 6.74. The molecular formula is C12H16ClN5O2S. The molecule has 0 radical (unpaired) electrons. The summed E-state index contributed by atoms with van der Waals surface area (Å²) >= 11 is 5.97. The second kappa shape index (κ2) is 6.00. The molecule has 21 heavy (non-hydrogen) atoms. The van der Waals surface area contributed by atoms with E-state index in [0.29, 0.717) is 28.6 Å². The molecule has 0 saturated carbocycles. The molecule has 1 heterocycles. The number of benzene rings is 1. The molecule has 0 aliphatic carbocycles. The van der Waals surface area contributed by atoms with Crippen LogP contribution in [0.4, 0.5) is 5.69 Å². The monoisotopic (exact) mass is 329 g/mol. The lowest BCUT2D eigenvalue weighted by atomic mass is 10.2. The van der Waals surface area contributed by atoms with Crippen molar-refractivity contribution in [3.63, 3.8) is 0 Å². The topological polar surface area (TPSA) is 103 Å². The second-order valence-electron chi connectivity index (χ2n) is 4.48. The van der Waals surface area contributed by atoms with Gasteiger partial charge in [-0.05, 0) is 31.5 Å². The summed E-state index contributed by atoms with van der Waals surface area (Å²) in [4.78, 5) is 0.0261. The number of rotatable bonds is 5. The van der Waals surface area contributed by atoms with Gasteiger partial charge in [0.05, 0.1) is 11.4 Å². The Morgan fingerprint density at radius 3 is 2.76 bits per heavy atom. The van der Waals surface area contributed by atoms with E-state index in [0.717, 1.165) is 0 Å². The zero-order valence-electron chi connectivity index (χ0n) is 11.7. The van der Waals surface area contributed by atoms with Gasteiger partial charge in [0, 0.05) is 17.3 Å². The lowest BCUT2D eigenvalue weighted by Crippen LogP contribution is -2.25. The van der Waals surface area contributed by atoms with Crippen LogP contribution < -0.4 is 10.5 Å². The minimum Gasteiger partial charge on any atom is -0.398 e. The lowest BCUT2D eigenvalue weighted by Gasteiger charge is -2.10. The highest BCUT2D eigenvalue weighted by Crippen LogP contribution is 2.25. The summed E-state index contributed by atoms with van der Waals surface area (Å²) in [5, 5.41) is 7.92. The number of aromatic nitrogens is 3. The predicted octanol–water partition coefficient (Wildman–Crippen LogP) is 1.32. The Kier molecular flexibility index (Phi) is 4.50. The molecule has 9 heteroatoms. The van der Waals surface area contributed by atoms with Gasteiger partial charge in [-0.1, -0.05) is 11.6 Å². The van der Waals surface area contributed by atoms with E-state index in [-0.39, 0.29) is 11.4 Å². The van der Waals surface area contributed by atoms with Gasteiger partial charge in [0.15, 0.2) is 0 Å². The van der Waals surface area contributed by atoms with Crippen LogP contribution in [0.25, 0.3) is 0 Å². The number of aryl methyl sites for hydroxylation is 1. The molecular weight excluding hydrogens is 314 g/mol. The van der Waals surface area contributed by atoms with Crippen LogP contribution >= 0.6 is 11.6 Å². The summed E-state index contributed by atoms with van der Waals surface area (Å²) in [6, 6.07) is 2.76. The third kappa shape index (κ3) is 3.34. The number of halogens is 1. The van der Waals surface area contributed by atoms with Crippen molar-refractivity contribution in [3.05, 3.63) is 34.9 Å². The number of nitrogens with one attached hydrogen (secondary N) is 1. The summed E-state index contributed by atoms with van der Waals surface area (Å²) in [5.74, 6) is 0.534. The van der Waals surface area contributed by atoms with Crippen molar-refractivity contribution in [1.29, 1.82) is 0 Å². The van der Waals surface area contributed by atoms with E-state index < -0.39 is 10.0 Å². The van der Waals surface area contributed by atoms with Gasteiger partial charge in [-0.15, -0.1) is 10.2 Å². The van der Waals surface area contributed by atoms with Crippen molar-refractivity contribution in [2.75, 3.05) is 5.73 Å². The van der Waals surface area contributed by atoms with Gasteiger partial charge < -0.3 is 10.3 Å². The van der Waals surface area contributed by atoms with E-state index in [4.69, 9.17) is 17.3 Å². The van der Waals surface area contributed by atoms with E-state index in [1.165, 1.54) is 12.1 Å². The number of anilines is 1. The van der Waals surface area contributed by atoms with Gasteiger partial charge in [-0.3, -0.25) is 0 Å². The molecule has 0 amide bonds. The highest BCUT2D eigenvalue weighted by molar-refractivity contribution is 7.89.